The highest BCUT2D eigenvalue weighted by molar-refractivity contribution is 6.22. The van der Waals surface area contributed by atoms with Gasteiger partial charge in [-0.25, -0.2) is 0 Å². The van der Waals surface area contributed by atoms with Crippen LogP contribution in [-0.2, 0) is 0 Å². The van der Waals surface area contributed by atoms with Gasteiger partial charge in [-0.05, 0) is 43.0 Å². The fourth-order valence-corrected chi connectivity index (χ4v) is 2.13. The molecule has 0 aromatic heterocycles. The summed E-state index contributed by atoms with van der Waals surface area (Å²) >= 11 is 6.05. The Kier molecular flexibility index (Phi) is 3.32. The average Bonchev–Trinajstić information content (AvgIpc) is 2.66. The van der Waals surface area contributed by atoms with Crippen molar-refractivity contribution in [1.82, 2.24) is 0 Å². The number of halogens is 1. The van der Waals surface area contributed by atoms with Gasteiger partial charge >= 0.3 is 0 Å². The van der Waals surface area contributed by atoms with E-state index in [-0.39, 0.29) is 5.38 Å². The molecule has 1 aliphatic rings. The summed E-state index contributed by atoms with van der Waals surface area (Å²) in [6, 6.07) is 8.22. The molecule has 2 rings (SSSR count). The molecule has 1 nitrogen and oxygen atoms in total. The Morgan fingerprint density at radius 1 is 1.47 bits per heavy atom. The zero-order valence-electron chi connectivity index (χ0n) is 8.87. The van der Waals surface area contributed by atoms with Gasteiger partial charge in [-0.15, -0.1) is 11.6 Å². The maximum absolute atomic E-state index is 6.05. The number of ether oxygens (including phenoxy) is 1. The Balaban J connectivity index is 2.21. The van der Waals surface area contributed by atoms with Gasteiger partial charge < -0.3 is 4.74 Å². The Bertz CT molecular complexity index is 371. The SMILES string of the molecule is CCOc1cccc(C2=CC(Cl)CC2)c1. The molecule has 0 amide bonds. The molecule has 0 aliphatic heterocycles. The van der Waals surface area contributed by atoms with Crippen molar-refractivity contribution in [3.63, 3.8) is 0 Å². The van der Waals surface area contributed by atoms with Crippen LogP contribution in [-0.4, -0.2) is 12.0 Å². The fraction of sp³-hybridized carbons (Fsp3) is 0.385. The molecule has 1 atom stereocenters. The molecular formula is C13H15ClO. The zero-order chi connectivity index (χ0) is 10.7. The van der Waals surface area contributed by atoms with Crippen molar-refractivity contribution in [3.8, 4) is 5.75 Å². The largest absolute Gasteiger partial charge is 0.494 e. The fourth-order valence-electron chi connectivity index (χ4n) is 1.87. The zero-order valence-corrected chi connectivity index (χ0v) is 9.63. The van der Waals surface area contributed by atoms with E-state index in [9.17, 15) is 0 Å². The molecule has 0 bridgehead atoms. The van der Waals surface area contributed by atoms with Crippen molar-refractivity contribution in [1.29, 1.82) is 0 Å². The van der Waals surface area contributed by atoms with Gasteiger partial charge in [-0.3, -0.25) is 0 Å². The van der Waals surface area contributed by atoms with Gasteiger partial charge in [0.1, 0.15) is 5.75 Å². The monoisotopic (exact) mass is 222 g/mol. The molecule has 1 aliphatic carbocycles. The van der Waals surface area contributed by atoms with Crippen molar-refractivity contribution >= 4 is 17.2 Å². The molecular weight excluding hydrogens is 208 g/mol. The van der Waals surface area contributed by atoms with Crippen molar-refractivity contribution < 1.29 is 4.74 Å². The average molecular weight is 223 g/mol. The lowest BCUT2D eigenvalue weighted by Crippen LogP contribution is -1.91. The first-order valence-electron chi connectivity index (χ1n) is 5.37. The number of hydrogen-bond acceptors (Lipinski definition) is 1. The summed E-state index contributed by atoms with van der Waals surface area (Å²) in [6.45, 7) is 2.71. The highest BCUT2D eigenvalue weighted by Gasteiger charge is 2.14. The normalized spacial score (nSPS) is 20.1. The second kappa shape index (κ2) is 4.71. The lowest BCUT2D eigenvalue weighted by Gasteiger charge is -2.06. The molecule has 2 heteroatoms. The van der Waals surface area contributed by atoms with Gasteiger partial charge in [0.2, 0.25) is 0 Å². The van der Waals surface area contributed by atoms with E-state index in [0.29, 0.717) is 6.61 Å². The van der Waals surface area contributed by atoms with E-state index in [1.807, 2.05) is 19.1 Å². The molecule has 0 saturated carbocycles. The third kappa shape index (κ3) is 2.54. The number of rotatable bonds is 3. The molecule has 0 saturated heterocycles. The van der Waals surface area contributed by atoms with E-state index in [4.69, 9.17) is 16.3 Å². The van der Waals surface area contributed by atoms with Crippen LogP contribution in [0.5, 0.6) is 5.75 Å². The molecule has 1 aromatic rings. The Labute approximate surface area is 95.7 Å². The van der Waals surface area contributed by atoms with Crippen molar-refractivity contribution in [3.05, 3.63) is 35.9 Å². The summed E-state index contributed by atoms with van der Waals surface area (Å²) in [7, 11) is 0. The predicted molar refractivity (Wildman–Crippen MR) is 64.5 cm³/mol. The van der Waals surface area contributed by atoms with Gasteiger partial charge in [0, 0.05) is 0 Å². The molecule has 1 unspecified atom stereocenters. The van der Waals surface area contributed by atoms with Gasteiger partial charge in [0.05, 0.1) is 12.0 Å². The van der Waals surface area contributed by atoms with Gasteiger partial charge in [-0.2, -0.15) is 0 Å². The van der Waals surface area contributed by atoms with Crippen molar-refractivity contribution in [2.75, 3.05) is 6.61 Å². The minimum Gasteiger partial charge on any atom is -0.494 e. The van der Waals surface area contributed by atoms with Crippen LogP contribution in [0.2, 0.25) is 0 Å². The molecule has 1 aromatic carbocycles. The van der Waals surface area contributed by atoms with Crippen LogP contribution in [0.25, 0.3) is 5.57 Å². The first-order valence-corrected chi connectivity index (χ1v) is 5.81. The van der Waals surface area contributed by atoms with Crippen LogP contribution in [0, 0.1) is 0 Å². The molecule has 0 N–H and O–H groups in total. The highest BCUT2D eigenvalue weighted by atomic mass is 35.5. The second-order valence-electron chi connectivity index (χ2n) is 3.71. The number of benzene rings is 1. The molecule has 0 heterocycles. The summed E-state index contributed by atoms with van der Waals surface area (Å²) in [5.74, 6) is 0.939. The van der Waals surface area contributed by atoms with Crippen LogP contribution in [0.1, 0.15) is 25.3 Å². The minimum atomic E-state index is 0.204. The maximum atomic E-state index is 6.05. The van der Waals surface area contributed by atoms with Crippen LogP contribution in [0.3, 0.4) is 0 Å². The topological polar surface area (TPSA) is 9.23 Å². The summed E-state index contributed by atoms with van der Waals surface area (Å²) in [5.41, 5.74) is 2.58. The molecule has 0 fully saturated rings. The van der Waals surface area contributed by atoms with E-state index in [0.717, 1.165) is 18.6 Å². The van der Waals surface area contributed by atoms with Gasteiger partial charge in [0.15, 0.2) is 0 Å². The summed E-state index contributed by atoms with van der Waals surface area (Å²) < 4.78 is 5.47. The lowest BCUT2D eigenvalue weighted by molar-refractivity contribution is 0.340. The first kappa shape index (κ1) is 10.6. The summed E-state index contributed by atoms with van der Waals surface area (Å²) in [4.78, 5) is 0. The van der Waals surface area contributed by atoms with E-state index in [1.54, 1.807) is 0 Å². The summed E-state index contributed by atoms with van der Waals surface area (Å²) in [6.07, 6.45) is 4.27. The molecule has 80 valence electrons. The van der Waals surface area contributed by atoms with Gasteiger partial charge in [-0.1, -0.05) is 18.2 Å². The van der Waals surface area contributed by atoms with E-state index in [2.05, 4.69) is 18.2 Å². The highest BCUT2D eigenvalue weighted by Crippen LogP contribution is 2.31. The van der Waals surface area contributed by atoms with Crippen molar-refractivity contribution in [2.45, 2.75) is 25.1 Å². The lowest BCUT2D eigenvalue weighted by atomic mass is 10.1. The van der Waals surface area contributed by atoms with Gasteiger partial charge in [0.25, 0.3) is 0 Å². The number of alkyl halides is 1. The molecule has 0 radical (unpaired) electrons. The Morgan fingerprint density at radius 3 is 3.00 bits per heavy atom. The number of hydrogen-bond donors (Lipinski definition) is 0. The Morgan fingerprint density at radius 2 is 2.33 bits per heavy atom. The third-order valence-corrected chi connectivity index (χ3v) is 2.93. The minimum absolute atomic E-state index is 0.204. The smallest absolute Gasteiger partial charge is 0.119 e. The standard InChI is InChI=1S/C13H15ClO/c1-2-15-13-5-3-4-10(9-13)11-6-7-12(14)8-11/h3-5,8-9,12H,2,6-7H2,1H3. The van der Waals surface area contributed by atoms with Crippen molar-refractivity contribution in [2.24, 2.45) is 0 Å². The second-order valence-corrected chi connectivity index (χ2v) is 4.27. The van der Waals surface area contributed by atoms with E-state index >= 15 is 0 Å². The predicted octanol–water partition coefficient (Wildman–Crippen LogP) is 3.87. The van der Waals surface area contributed by atoms with E-state index < -0.39 is 0 Å². The summed E-state index contributed by atoms with van der Waals surface area (Å²) in [5, 5.41) is 0.204. The Hall–Kier alpha value is -0.950. The van der Waals surface area contributed by atoms with Crippen LogP contribution in [0.15, 0.2) is 30.3 Å². The quantitative estimate of drug-likeness (QED) is 0.706. The van der Waals surface area contributed by atoms with Crippen LogP contribution < -0.4 is 4.74 Å². The maximum Gasteiger partial charge on any atom is 0.119 e. The molecule has 0 spiro atoms. The first-order chi connectivity index (χ1) is 7.29. The van der Waals surface area contributed by atoms with Crippen LogP contribution >= 0.6 is 11.6 Å². The number of allylic oxidation sites excluding steroid dienone is 2. The third-order valence-electron chi connectivity index (χ3n) is 2.59. The van der Waals surface area contributed by atoms with Crippen LogP contribution in [0.4, 0.5) is 0 Å². The van der Waals surface area contributed by atoms with E-state index in [1.165, 1.54) is 11.1 Å². The molecule has 15 heavy (non-hydrogen) atoms.